The Bertz CT molecular complexity index is 1280. The number of carboxylic acids is 1. The number of esters is 1. The predicted octanol–water partition coefficient (Wildman–Crippen LogP) is 4.32. The minimum atomic E-state index is -1.47. The highest BCUT2D eigenvalue weighted by atomic mass is 16.6. The molecule has 31 heavy (non-hydrogen) atoms. The molecule has 156 valence electrons. The van der Waals surface area contributed by atoms with Crippen LogP contribution in [0.3, 0.4) is 0 Å². The molecule has 1 spiro atoms. The van der Waals surface area contributed by atoms with Crippen LogP contribution in [0.15, 0.2) is 48.5 Å². The van der Waals surface area contributed by atoms with Crippen molar-refractivity contribution < 1.29 is 34.4 Å². The number of aromatic hydroxyl groups is 2. The number of phenols is 2. The lowest BCUT2D eigenvalue weighted by atomic mass is 9.75. The molecule has 0 aliphatic carbocycles. The molecule has 7 nitrogen and oxygen atoms in total. The summed E-state index contributed by atoms with van der Waals surface area (Å²) >= 11 is 0. The molecular formula is C24H18O7. The van der Waals surface area contributed by atoms with Crippen molar-refractivity contribution in [3.8, 4) is 23.0 Å². The molecule has 0 bridgehead atoms. The Morgan fingerprint density at radius 1 is 0.968 bits per heavy atom. The van der Waals surface area contributed by atoms with Gasteiger partial charge in [0.05, 0.1) is 16.7 Å². The fourth-order valence-corrected chi connectivity index (χ4v) is 4.52. The lowest BCUT2D eigenvalue weighted by Gasteiger charge is -2.38. The molecule has 2 heterocycles. The van der Waals surface area contributed by atoms with Gasteiger partial charge >= 0.3 is 11.9 Å². The topological polar surface area (TPSA) is 113 Å². The molecule has 5 rings (SSSR count). The van der Waals surface area contributed by atoms with E-state index in [0.29, 0.717) is 23.1 Å². The van der Waals surface area contributed by atoms with Crippen molar-refractivity contribution in [1.29, 1.82) is 0 Å². The fraction of sp³-hybridized carbons (Fsp3) is 0.167. The van der Waals surface area contributed by atoms with Crippen molar-refractivity contribution in [2.75, 3.05) is 0 Å². The summed E-state index contributed by atoms with van der Waals surface area (Å²) < 4.78 is 12.1. The third-order valence-corrected chi connectivity index (χ3v) is 5.72. The quantitative estimate of drug-likeness (QED) is 0.543. The predicted molar refractivity (Wildman–Crippen MR) is 109 cm³/mol. The van der Waals surface area contributed by atoms with Gasteiger partial charge < -0.3 is 24.8 Å². The van der Waals surface area contributed by atoms with Gasteiger partial charge in [0.15, 0.2) is 5.60 Å². The highest BCUT2D eigenvalue weighted by molar-refractivity contribution is 5.99. The molecule has 7 heteroatoms. The number of ether oxygens (including phenoxy) is 2. The van der Waals surface area contributed by atoms with Crippen molar-refractivity contribution in [2.45, 2.75) is 25.4 Å². The molecular weight excluding hydrogens is 400 g/mol. The SMILES string of the molecule is CCCc1cc(O)cc2c1C1(OC(=O)c3ccc(C(=O)O)cc31)c1ccc(O)cc1O2. The van der Waals surface area contributed by atoms with Crippen LogP contribution in [0.1, 0.15) is 56.3 Å². The van der Waals surface area contributed by atoms with Crippen molar-refractivity contribution in [2.24, 2.45) is 0 Å². The Morgan fingerprint density at radius 2 is 1.74 bits per heavy atom. The van der Waals surface area contributed by atoms with E-state index in [1.807, 2.05) is 6.92 Å². The second-order valence-electron chi connectivity index (χ2n) is 7.65. The first kappa shape index (κ1) is 19.0. The highest BCUT2D eigenvalue weighted by Gasteiger charge is 2.54. The number of carbonyl (C=O) groups is 2. The number of hydrogen-bond donors (Lipinski definition) is 3. The maximum atomic E-state index is 12.9. The zero-order valence-corrected chi connectivity index (χ0v) is 16.5. The summed E-state index contributed by atoms with van der Waals surface area (Å²) in [7, 11) is 0. The van der Waals surface area contributed by atoms with Gasteiger partial charge in [-0.1, -0.05) is 13.3 Å². The number of hydrogen-bond acceptors (Lipinski definition) is 6. The van der Waals surface area contributed by atoms with Gasteiger partial charge in [0, 0.05) is 23.3 Å². The zero-order chi connectivity index (χ0) is 21.9. The Morgan fingerprint density at radius 3 is 2.48 bits per heavy atom. The molecule has 2 aliphatic heterocycles. The maximum absolute atomic E-state index is 12.9. The second kappa shape index (κ2) is 6.50. The first-order valence-electron chi connectivity index (χ1n) is 9.84. The van der Waals surface area contributed by atoms with E-state index in [2.05, 4.69) is 0 Å². The third-order valence-electron chi connectivity index (χ3n) is 5.72. The van der Waals surface area contributed by atoms with Gasteiger partial charge in [0.2, 0.25) is 0 Å². The second-order valence-corrected chi connectivity index (χ2v) is 7.65. The molecule has 1 unspecified atom stereocenters. The molecule has 3 aromatic rings. The van der Waals surface area contributed by atoms with E-state index in [1.165, 1.54) is 36.4 Å². The van der Waals surface area contributed by atoms with E-state index in [1.54, 1.807) is 12.1 Å². The summed E-state index contributed by atoms with van der Waals surface area (Å²) in [6.45, 7) is 1.98. The van der Waals surface area contributed by atoms with Gasteiger partial charge in [-0.15, -0.1) is 0 Å². The number of phenolic OH excluding ortho intramolecular Hbond substituents is 2. The van der Waals surface area contributed by atoms with Crippen LogP contribution in [-0.4, -0.2) is 27.3 Å². The average molecular weight is 418 g/mol. The van der Waals surface area contributed by atoms with Gasteiger partial charge in [-0.05, 0) is 48.4 Å². The molecule has 0 radical (unpaired) electrons. The van der Waals surface area contributed by atoms with Crippen LogP contribution >= 0.6 is 0 Å². The number of carboxylic acid groups (broad SMARTS) is 1. The van der Waals surface area contributed by atoms with Crippen LogP contribution in [0.4, 0.5) is 0 Å². The van der Waals surface area contributed by atoms with E-state index in [0.717, 1.165) is 12.0 Å². The van der Waals surface area contributed by atoms with E-state index in [4.69, 9.17) is 9.47 Å². The van der Waals surface area contributed by atoms with Crippen molar-refractivity contribution in [1.82, 2.24) is 0 Å². The number of carbonyl (C=O) groups excluding carboxylic acids is 1. The lowest BCUT2D eigenvalue weighted by molar-refractivity contribution is 0.0221. The Hall–Kier alpha value is -4.00. The molecule has 0 amide bonds. The highest BCUT2D eigenvalue weighted by Crippen LogP contribution is 2.58. The van der Waals surface area contributed by atoms with Crippen LogP contribution in [0, 0.1) is 0 Å². The number of aryl methyl sites for hydroxylation is 1. The smallest absolute Gasteiger partial charge is 0.340 e. The summed E-state index contributed by atoms with van der Waals surface area (Å²) in [5, 5.41) is 29.8. The molecule has 2 aliphatic rings. The van der Waals surface area contributed by atoms with Crippen molar-refractivity contribution in [3.05, 3.63) is 81.9 Å². The average Bonchev–Trinajstić information content (AvgIpc) is 3.00. The maximum Gasteiger partial charge on any atom is 0.340 e. The van der Waals surface area contributed by atoms with E-state index in [-0.39, 0.29) is 34.1 Å². The summed E-state index contributed by atoms with van der Waals surface area (Å²) in [6.07, 6.45) is 1.32. The Balaban J connectivity index is 1.92. The van der Waals surface area contributed by atoms with Crippen molar-refractivity contribution in [3.63, 3.8) is 0 Å². The molecule has 0 saturated heterocycles. The van der Waals surface area contributed by atoms with Gasteiger partial charge in [-0.25, -0.2) is 9.59 Å². The standard InChI is InChI=1S/C24H18O7/c1-2-3-12-8-15(26)11-20-21(12)24(17-7-5-14(25)10-19(17)30-20)18-9-13(22(27)28)4-6-16(18)23(29)31-24/h4-11,25-26H,2-3H2,1H3,(H,27,28). The van der Waals surface area contributed by atoms with Gasteiger partial charge in [-0.3, -0.25) is 0 Å². The minimum Gasteiger partial charge on any atom is -0.508 e. The zero-order valence-electron chi connectivity index (χ0n) is 16.5. The molecule has 0 saturated carbocycles. The lowest BCUT2D eigenvalue weighted by Crippen LogP contribution is -2.34. The van der Waals surface area contributed by atoms with Crippen LogP contribution < -0.4 is 4.74 Å². The van der Waals surface area contributed by atoms with Crippen LogP contribution in [0.2, 0.25) is 0 Å². The summed E-state index contributed by atoms with van der Waals surface area (Å²) in [5.74, 6) is -1.24. The summed E-state index contributed by atoms with van der Waals surface area (Å²) in [4.78, 5) is 24.6. The largest absolute Gasteiger partial charge is 0.508 e. The molecule has 1 atom stereocenters. The van der Waals surface area contributed by atoms with Crippen molar-refractivity contribution >= 4 is 11.9 Å². The molecule has 3 N–H and O–H groups in total. The normalized spacial score (nSPS) is 18.0. The van der Waals surface area contributed by atoms with Gasteiger partial charge in [0.25, 0.3) is 0 Å². The Labute approximate surface area is 177 Å². The van der Waals surface area contributed by atoms with E-state index in [9.17, 15) is 24.9 Å². The Kier molecular flexibility index (Phi) is 3.98. The number of benzene rings is 3. The van der Waals surface area contributed by atoms with Crippen LogP contribution in [0.25, 0.3) is 0 Å². The number of fused-ring (bicyclic) bond motifs is 6. The monoisotopic (exact) mass is 418 g/mol. The van der Waals surface area contributed by atoms with E-state index >= 15 is 0 Å². The molecule has 3 aromatic carbocycles. The molecule has 0 fully saturated rings. The number of rotatable bonds is 3. The van der Waals surface area contributed by atoms with Crippen LogP contribution in [0.5, 0.6) is 23.0 Å². The van der Waals surface area contributed by atoms with Gasteiger partial charge in [0.1, 0.15) is 23.0 Å². The third kappa shape index (κ3) is 2.59. The van der Waals surface area contributed by atoms with Gasteiger partial charge in [-0.2, -0.15) is 0 Å². The fourth-order valence-electron chi connectivity index (χ4n) is 4.52. The minimum absolute atomic E-state index is 0.00946. The first-order chi connectivity index (χ1) is 14.8. The molecule has 0 aromatic heterocycles. The van der Waals surface area contributed by atoms with Crippen LogP contribution in [-0.2, 0) is 16.8 Å². The summed E-state index contributed by atoms with van der Waals surface area (Å²) in [5.41, 5.74) is 0.921. The first-order valence-corrected chi connectivity index (χ1v) is 9.84. The number of aromatic carboxylic acids is 1. The summed E-state index contributed by atoms with van der Waals surface area (Å²) in [6, 6.07) is 11.7. The van der Waals surface area contributed by atoms with E-state index < -0.39 is 17.5 Å².